The van der Waals surface area contributed by atoms with Crippen molar-refractivity contribution in [2.75, 3.05) is 43.6 Å². The standard InChI is InChI=1S/C15H24N2O4S/c1-4-17(5-2)10-11-22(19,20)12-15(18)16-13-8-6-7-9-14(13)21-3/h6-9H,4-5,10-12H2,1-3H3,(H,16,18). The van der Waals surface area contributed by atoms with Crippen molar-refractivity contribution >= 4 is 21.4 Å². The first-order chi connectivity index (χ1) is 10.4. The number of anilines is 1. The third-order valence-corrected chi connectivity index (χ3v) is 4.85. The Bertz CT molecular complexity index is 583. The van der Waals surface area contributed by atoms with Crippen molar-refractivity contribution in [3.05, 3.63) is 24.3 Å². The summed E-state index contributed by atoms with van der Waals surface area (Å²) >= 11 is 0. The lowest BCUT2D eigenvalue weighted by atomic mass is 10.3. The molecule has 7 heteroatoms. The minimum Gasteiger partial charge on any atom is -0.495 e. The van der Waals surface area contributed by atoms with E-state index in [1.165, 1.54) is 7.11 Å². The van der Waals surface area contributed by atoms with E-state index >= 15 is 0 Å². The number of hydrogen-bond acceptors (Lipinski definition) is 5. The number of methoxy groups -OCH3 is 1. The number of carbonyl (C=O) groups is 1. The topological polar surface area (TPSA) is 75.7 Å². The highest BCUT2D eigenvalue weighted by Crippen LogP contribution is 2.22. The molecule has 1 N–H and O–H groups in total. The number of amides is 1. The van der Waals surface area contributed by atoms with E-state index in [1.807, 2.05) is 18.7 Å². The maximum Gasteiger partial charge on any atom is 0.239 e. The normalized spacial score (nSPS) is 11.5. The van der Waals surface area contributed by atoms with E-state index < -0.39 is 21.5 Å². The largest absolute Gasteiger partial charge is 0.495 e. The van der Waals surface area contributed by atoms with Crippen LogP contribution in [-0.2, 0) is 14.6 Å². The number of nitrogens with zero attached hydrogens (tertiary/aromatic N) is 1. The maximum absolute atomic E-state index is 12.0. The van der Waals surface area contributed by atoms with Gasteiger partial charge < -0.3 is 15.0 Å². The second kappa shape index (κ2) is 8.75. The molecule has 0 unspecified atom stereocenters. The maximum atomic E-state index is 12.0. The van der Waals surface area contributed by atoms with Crippen LogP contribution in [0.4, 0.5) is 5.69 Å². The Morgan fingerprint density at radius 3 is 2.45 bits per heavy atom. The Balaban J connectivity index is 2.60. The molecule has 0 radical (unpaired) electrons. The Morgan fingerprint density at radius 2 is 1.86 bits per heavy atom. The van der Waals surface area contributed by atoms with Gasteiger partial charge >= 0.3 is 0 Å². The van der Waals surface area contributed by atoms with Crippen LogP contribution < -0.4 is 10.1 Å². The molecule has 1 rings (SSSR count). The average Bonchev–Trinajstić information content (AvgIpc) is 2.48. The summed E-state index contributed by atoms with van der Waals surface area (Å²) in [6.45, 7) is 5.98. The van der Waals surface area contributed by atoms with Crippen LogP contribution in [0.3, 0.4) is 0 Å². The lowest BCUT2D eigenvalue weighted by Gasteiger charge is -2.17. The zero-order valence-corrected chi connectivity index (χ0v) is 14.1. The molecule has 0 aromatic heterocycles. The van der Waals surface area contributed by atoms with Crippen LogP contribution in [0.25, 0.3) is 0 Å². The van der Waals surface area contributed by atoms with Gasteiger partial charge in [-0.2, -0.15) is 0 Å². The summed E-state index contributed by atoms with van der Waals surface area (Å²) in [7, 11) is -1.94. The van der Waals surface area contributed by atoms with Gasteiger partial charge in [-0.1, -0.05) is 26.0 Å². The number of carbonyl (C=O) groups excluding carboxylic acids is 1. The molecule has 0 saturated heterocycles. The molecule has 0 aliphatic rings. The van der Waals surface area contributed by atoms with Crippen molar-refractivity contribution in [1.29, 1.82) is 0 Å². The summed E-state index contributed by atoms with van der Waals surface area (Å²) in [4.78, 5) is 13.9. The highest BCUT2D eigenvalue weighted by molar-refractivity contribution is 7.92. The zero-order valence-electron chi connectivity index (χ0n) is 13.3. The quantitative estimate of drug-likeness (QED) is 0.741. The first kappa shape index (κ1) is 18.4. The first-order valence-electron chi connectivity index (χ1n) is 7.27. The molecule has 124 valence electrons. The molecule has 0 fully saturated rings. The molecule has 0 atom stereocenters. The van der Waals surface area contributed by atoms with Crippen LogP contribution in [-0.4, -0.2) is 57.5 Å². The van der Waals surface area contributed by atoms with E-state index in [0.29, 0.717) is 18.0 Å². The summed E-state index contributed by atoms with van der Waals surface area (Å²) in [5.74, 6) is -0.596. The molecule has 1 amide bonds. The number of rotatable bonds is 9. The zero-order chi connectivity index (χ0) is 16.6. The third-order valence-electron chi connectivity index (χ3n) is 3.35. The van der Waals surface area contributed by atoms with Crippen LogP contribution in [0.15, 0.2) is 24.3 Å². The van der Waals surface area contributed by atoms with Gasteiger partial charge in [0.05, 0.1) is 18.6 Å². The van der Waals surface area contributed by atoms with Gasteiger partial charge in [-0.15, -0.1) is 0 Å². The summed E-state index contributed by atoms with van der Waals surface area (Å²) in [5, 5.41) is 2.58. The number of nitrogens with one attached hydrogen (secondary N) is 1. The van der Waals surface area contributed by atoms with E-state index in [-0.39, 0.29) is 5.75 Å². The van der Waals surface area contributed by atoms with E-state index in [0.717, 1.165) is 13.1 Å². The van der Waals surface area contributed by atoms with Crippen LogP contribution in [0, 0.1) is 0 Å². The van der Waals surface area contributed by atoms with Crippen molar-refractivity contribution in [3.63, 3.8) is 0 Å². The first-order valence-corrected chi connectivity index (χ1v) is 9.09. The van der Waals surface area contributed by atoms with E-state index in [4.69, 9.17) is 4.74 Å². The fourth-order valence-electron chi connectivity index (χ4n) is 2.01. The van der Waals surface area contributed by atoms with Crippen molar-refractivity contribution in [2.24, 2.45) is 0 Å². The second-order valence-corrected chi connectivity index (χ2v) is 7.05. The molecule has 6 nitrogen and oxygen atoms in total. The molecule has 0 aliphatic carbocycles. The van der Waals surface area contributed by atoms with Gasteiger partial charge in [0.15, 0.2) is 9.84 Å². The predicted molar refractivity (Wildman–Crippen MR) is 88.1 cm³/mol. The van der Waals surface area contributed by atoms with Gasteiger partial charge in [0.25, 0.3) is 0 Å². The molecule has 1 aromatic carbocycles. The van der Waals surface area contributed by atoms with Crippen LogP contribution in [0.5, 0.6) is 5.75 Å². The van der Waals surface area contributed by atoms with Gasteiger partial charge in [0.1, 0.15) is 11.5 Å². The van der Waals surface area contributed by atoms with Crippen molar-refractivity contribution in [3.8, 4) is 5.75 Å². The predicted octanol–water partition coefficient (Wildman–Crippen LogP) is 1.39. The smallest absolute Gasteiger partial charge is 0.239 e. The molecule has 0 aliphatic heterocycles. The Kier molecular flexibility index (Phi) is 7.34. The number of para-hydroxylation sites is 2. The van der Waals surface area contributed by atoms with E-state index in [9.17, 15) is 13.2 Å². The van der Waals surface area contributed by atoms with Crippen LogP contribution in [0.2, 0.25) is 0 Å². The van der Waals surface area contributed by atoms with Crippen molar-refractivity contribution in [1.82, 2.24) is 4.90 Å². The molecule has 1 aromatic rings. The van der Waals surface area contributed by atoms with Gasteiger partial charge in [0.2, 0.25) is 5.91 Å². The second-order valence-electron chi connectivity index (χ2n) is 4.87. The summed E-state index contributed by atoms with van der Waals surface area (Å²) < 4.78 is 29.1. The molecule has 0 heterocycles. The highest BCUT2D eigenvalue weighted by atomic mass is 32.2. The van der Waals surface area contributed by atoms with E-state index in [1.54, 1.807) is 24.3 Å². The fourth-order valence-corrected chi connectivity index (χ4v) is 3.17. The van der Waals surface area contributed by atoms with Crippen LogP contribution >= 0.6 is 0 Å². The van der Waals surface area contributed by atoms with Crippen molar-refractivity contribution < 1.29 is 17.9 Å². The average molecular weight is 328 g/mol. The van der Waals surface area contributed by atoms with Crippen LogP contribution in [0.1, 0.15) is 13.8 Å². The Morgan fingerprint density at radius 1 is 1.23 bits per heavy atom. The lowest BCUT2D eigenvalue weighted by molar-refractivity contribution is -0.113. The minimum absolute atomic E-state index is 0.0198. The molecular weight excluding hydrogens is 304 g/mol. The number of benzene rings is 1. The Labute approximate surface area is 132 Å². The summed E-state index contributed by atoms with van der Waals surface area (Å²) in [5.41, 5.74) is 0.467. The Hall–Kier alpha value is -1.60. The summed E-state index contributed by atoms with van der Waals surface area (Å²) in [6.07, 6.45) is 0. The molecule has 0 bridgehead atoms. The van der Waals surface area contributed by atoms with Gasteiger partial charge in [0, 0.05) is 6.54 Å². The fraction of sp³-hybridized carbons (Fsp3) is 0.533. The monoisotopic (exact) mass is 328 g/mol. The summed E-state index contributed by atoms with van der Waals surface area (Å²) in [6, 6.07) is 6.88. The third kappa shape index (κ3) is 6.03. The number of hydrogen-bond donors (Lipinski definition) is 1. The molecule has 0 spiro atoms. The number of ether oxygens (including phenoxy) is 1. The van der Waals surface area contributed by atoms with Gasteiger partial charge in [-0.3, -0.25) is 4.79 Å². The minimum atomic E-state index is -3.43. The highest BCUT2D eigenvalue weighted by Gasteiger charge is 2.18. The number of sulfone groups is 1. The lowest BCUT2D eigenvalue weighted by Crippen LogP contribution is -2.32. The van der Waals surface area contributed by atoms with Gasteiger partial charge in [-0.25, -0.2) is 8.42 Å². The van der Waals surface area contributed by atoms with E-state index in [2.05, 4.69) is 5.32 Å². The molecular formula is C15H24N2O4S. The molecule has 22 heavy (non-hydrogen) atoms. The van der Waals surface area contributed by atoms with Gasteiger partial charge in [-0.05, 0) is 25.2 Å². The SMILES string of the molecule is CCN(CC)CCS(=O)(=O)CC(=O)Nc1ccccc1OC. The van der Waals surface area contributed by atoms with Crippen molar-refractivity contribution in [2.45, 2.75) is 13.8 Å². The molecule has 0 saturated carbocycles.